The van der Waals surface area contributed by atoms with Gasteiger partial charge in [-0.3, -0.25) is 4.79 Å². The molecule has 6 heteroatoms. The molecule has 5 nitrogen and oxygen atoms in total. The molecule has 1 aromatic carbocycles. The van der Waals surface area contributed by atoms with Gasteiger partial charge in [0.15, 0.2) is 5.82 Å². The number of aryl methyl sites for hydroxylation is 1. The van der Waals surface area contributed by atoms with Crippen LogP contribution in [0.4, 0.5) is 17.2 Å². The lowest BCUT2D eigenvalue weighted by Crippen LogP contribution is -2.13. The number of hydrogen-bond acceptors (Lipinski definition) is 4. The Kier molecular flexibility index (Phi) is 4.08. The van der Waals surface area contributed by atoms with Crippen LogP contribution in [0.3, 0.4) is 0 Å². The van der Waals surface area contributed by atoms with E-state index in [1.54, 1.807) is 0 Å². The van der Waals surface area contributed by atoms with Crippen LogP contribution in [0.1, 0.15) is 5.56 Å². The van der Waals surface area contributed by atoms with E-state index in [0.29, 0.717) is 9.39 Å². The van der Waals surface area contributed by atoms with Crippen LogP contribution in [-0.4, -0.2) is 24.1 Å². The molecule has 0 aliphatic rings. The van der Waals surface area contributed by atoms with E-state index >= 15 is 0 Å². The normalized spacial score (nSPS) is 10.3. The second-order valence-electron chi connectivity index (χ2n) is 4.41. The van der Waals surface area contributed by atoms with Crippen molar-refractivity contribution in [2.75, 3.05) is 24.3 Å². The molecule has 2 aromatic rings. The quantitative estimate of drug-likeness (QED) is 0.816. The summed E-state index contributed by atoms with van der Waals surface area (Å²) >= 11 is 1.98. The number of benzene rings is 1. The van der Waals surface area contributed by atoms with Gasteiger partial charge in [-0.25, -0.2) is 4.98 Å². The van der Waals surface area contributed by atoms with Gasteiger partial charge in [-0.2, -0.15) is 0 Å². The molecule has 0 fully saturated rings. The number of H-pyrrole nitrogens is 1. The molecular formula is C13H15IN4O. The number of aromatic amines is 1. The summed E-state index contributed by atoms with van der Waals surface area (Å²) in [4.78, 5) is 20.2. The van der Waals surface area contributed by atoms with Crippen molar-refractivity contribution in [3.8, 4) is 0 Å². The van der Waals surface area contributed by atoms with Gasteiger partial charge in [0.1, 0.15) is 3.57 Å². The molecule has 0 aliphatic carbocycles. The van der Waals surface area contributed by atoms with Gasteiger partial charge in [-0.05, 0) is 47.2 Å². The van der Waals surface area contributed by atoms with Gasteiger partial charge in [0.2, 0.25) is 0 Å². The van der Waals surface area contributed by atoms with Crippen molar-refractivity contribution in [1.82, 2.24) is 9.97 Å². The SMILES string of the molecule is Cc1ccc(Nc2nc[nH]c(=O)c2I)cc1N(C)C. The van der Waals surface area contributed by atoms with Gasteiger partial charge in [-0.15, -0.1) is 0 Å². The third kappa shape index (κ3) is 3.06. The standard InChI is InChI=1S/C13H15IN4O/c1-8-4-5-9(6-10(8)18(2)3)17-12-11(14)13(19)16-7-15-12/h4-7H,1-3H3,(H2,15,16,17,19). The Bertz CT molecular complexity index is 651. The number of halogens is 1. The van der Waals surface area contributed by atoms with E-state index < -0.39 is 0 Å². The maximum Gasteiger partial charge on any atom is 0.266 e. The molecule has 2 rings (SSSR count). The van der Waals surface area contributed by atoms with Crippen molar-refractivity contribution >= 4 is 39.8 Å². The van der Waals surface area contributed by atoms with Gasteiger partial charge in [0, 0.05) is 25.5 Å². The Morgan fingerprint density at radius 2 is 2.11 bits per heavy atom. The average molecular weight is 370 g/mol. The summed E-state index contributed by atoms with van der Waals surface area (Å²) in [5, 5.41) is 3.17. The molecule has 0 saturated heterocycles. The summed E-state index contributed by atoms with van der Waals surface area (Å²) in [5.74, 6) is 0.568. The molecule has 100 valence electrons. The molecule has 0 spiro atoms. The lowest BCUT2D eigenvalue weighted by molar-refractivity contribution is 1.10. The topological polar surface area (TPSA) is 61.0 Å². The summed E-state index contributed by atoms with van der Waals surface area (Å²) in [6.45, 7) is 2.06. The van der Waals surface area contributed by atoms with Crippen molar-refractivity contribution in [3.05, 3.63) is 44.0 Å². The third-order valence-electron chi connectivity index (χ3n) is 2.75. The summed E-state index contributed by atoms with van der Waals surface area (Å²) in [7, 11) is 4.00. The van der Waals surface area contributed by atoms with Crippen LogP contribution in [0.25, 0.3) is 0 Å². The first-order chi connectivity index (χ1) is 8.99. The monoisotopic (exact) mass is 370 g/mol. The predicted octanol–water partition coefficient (Wildman–Crippen LogP) is 2.49. The van der Waals surface area contributed by atoms with Crippen LogP contribution in [0.5, 0.6) is 0 Å². The highest BCUT2D eigenvalue weighted by molar-refractivity contribution is 14.1. The van der Waals surface area contributed by atoms with Gasteiger partial charge < -0.3 is 15.2 Å². The Labute approximate surface area is 125 Å². The molecule has 0 radical (unpaired) electrons. The van der Waals surface area contributed by atoms with Crippen molar-refractivity contribution in [1.29, 1.82) is 0 Å². The summed E-state index contributed by atoms with van der Waals surface area (Å²) < 4.78 is 0.548. The van der Waals surface area contributed by atoms with E-state index in [9.17, 15) is 4.79 Å². The lowest BCUT2D eigenvalue weighted by atomic mass is 10.1. The van der Waals surface area contributed by atoms with Gasteiger partial charge in [0.25, 0.3) is 5.56 Å². The van der Waals surface area contributed by atoms with Crippen LogP contribution < -0.4 is 15.8 Å². The molecule has 19 heavy (non-hydrogen) atoms. The first-order valence-corrected chi connectivity index (χ1v) is 6.85. The van der Waals surface area contributed by atoms with E-state index in [1.807, 2.05) is 54.9 Å². The second kappa shape index (κ2) is 5.60. The fraction of sp³-hybridized carbons (Fsp3) is 0.231. The molecule has 0 atom stereocenters. The molecule has 1 aromatic heterocycles. The van der Waals surface area contributed by atoms with Crippen molar-refractivity contribution in [2.24, 2.45) is 0 Å². The highest BCUT2D eigenvalue weighted by Crippen LogP contribution is 2.25. The highest BCUT2D eigenvalue weighted by atomic mass is 127. The summed E-state index contributed by atoms with van der Waals surface area (Å²) in [6.07, 6.45) is 1.40. The maximum atomic E-state index is 11.5. The number of nitrogens with one attached hydrogen (secondary N) is 2. The molecule has 2 N–H and O–H groups in total. The summed E-state index contributed by atoms with van der Waals surface area (Å²) in [6, 6.07) is 6.05. The molecule has 0 bridgehead atoms. The zero-order valence-corrected chi connectivity index (χ0v) is 13.1. The number of nitrogens with zero attached hydrogens (tertiary/aromatic N) is 2. The molecular weight excluding hydrogens is 355 g/mol. The fourth-order valence-corrected chi connectivity index (χ4v) is 2.21. The van der Waals surface area contributed by atoms with E-state index in [2.05, 4.69) is 27.1 Å². The van der Waals surface area contributed by atoms with Crippen LogP contribution in [-0.2, 0) is 0 Å². The molecule has 0 aliphatic heterocycles. The zero-order valence-electron chi connectivity index (χ0n) is 11.0. The van der Waals surface area contributed by atoms with Gasteiger partial charge in [0.05, 0.1) is 6.33 Å². The van der Waals surface area contributed by atoms with Crippen molar-refractivity contribution in [3.63, 3.8) is 0 Å². The molecule has 0 saturated carbocycles. The largest absolute Gasteiger partial charge is 0.377 e. The smallest absolute Gasteiger partial charge is 0.266 e. The first-order valence-electron chi connectivity index (χ1n) is 5.77. The minimum atomic E-state index is -0.141. The molecule has 0 unspecified atom stereocenters. The number of anilines is 3. The molecule has 1 heterocycles. The minimum absolute atomic E-state index is 0.141. The lowest BCUT2D eigenvalue weighted by Gasteiger charge is -2.17. The Balaban J connectivity index is 2.36. The number of hydrogen-bond donors (Lipinski definition) is 2. The number of rotatable bonds is 3. The van der Waals surface area contributed by atoms with Gasteiger partial charge in [-0.1, -0.05) is 6.07 Å². The van der Waals surface area contributed by atoms with Crippen LogP contribution in [0, 0.1) is 10.5 Å². The van der Waals surface area contributed by atoms with Crippen molar-refractivity contribution < 1.29 is 0 Å². The van der Waals surface area contributed by atoms with Crippen LogP contribution in [0.2, 0.25) is 0 Å². The second-order valence-corrected chi connectivity index (χ2v) is 5.49. The Morgan fingerprint density at radius 1 is 1.37 bits per heavy atom. The maximum absolute atomic E-state index is 11.5. The first kappa shape index (κ1) is 13.9. The van der Waals surface area contributed by atoms with E-state index in [0.717, 1.165) is 11.4 Å². The Hall–Kier alpha value is -1.57. The zero-order chi connectivity index (χ0) is 14.0. The number of aromatic nitrogens is 2. The average Bonchev–Trinajstić information content (AvgIpc) is 2.37. The fourth-order valence-electron chi connectivity index (χ4n) is 1.78. The summed E-state index contributed by atoms with van der Waals surface area (Å²) in [5.41, 5.74) is 3.09. The van der Waals surface area contributed by atoms with Crippen LogP contribution >= 0.6 is 22.6 Å². The minimum Gasteiger partial charge on any atom is -0.377 e. The third-order valence-corrected chi connectivity index (χ3v) is 3.75. The highest BCUT2D eigenvalue weighted by Gasteiger charge is 2.07. The Morgan fingerprint density at radius 3 is 2.79 bits per heavy atom. The predicted molar refractivity (Wildman–Crippen MR) is 86.4 cm³/mol. The van der Waals surface area contributed by atoms with E-state index in [4.69, 9.17) is 0 Å². The van der Waals surface area contributed by atoms with Gasteiger partial charge >= 0.3 is 0 Å². The molecule has 0 amide bonds. The van der Waals surface area contributed by atoms with E-state index in [-0.39, 0.29) is 5.56 Å². The van der Waals surface area contributed by atoms with Crippen molar-refractivity contribution in [2.45, 2.75) is 6.92 Å². The van der Waals surface area contributed by atoms with E-state index in [1.165, 1.54) is 11.9 Å². The van der Waals surface area contributed by atoms with Crippen LogP contribution in [0.15, 0.2) is 29.3 Å².